The number of hydrogen-bond donors (Lipinski definition) is 3. The molecule has 39 heavy (non-hydrogen) atoms. The summed E-state index contributed by atoms with van der Waals surface area (Å²) in [6.45, 7) is 5.82. The third-order valence-electron chi connectivity index (χ3n) is 6.64. The Bertz CT molecular complexity index is 907. The molecular formula is C30H51N3O3S3. The maximum atomic E-state index is 5.68. The Morgan fingerprint density at radius 2 is 0.846 bits per heavy atom. The Hall–Kier alpha value is -1.14. The lowest BCUT2D eigenvalue weighted by molar-refractivity contribution is -0.635. The number of fused-ring (bicyclic) bond motifs is 3. The van der Waals surface area contributed by atoms with Gasteiger partial charge in [0.2, 0.25) is 0 Å². The van der Waals surface area contributed by atoms with Crippen LogP contribution in [-0.4, -0.2) is 60.6 Å². The van der Waals surface area contributed by atoms with Gasteiger partial charge < -0.3 is 52.4 Å². The zero-order valence-corrected chi connectivity index (χ0v) is 27.2. The quantitative estimate of drug-likeness (QED) is 0.383. The molecule has 0 fully saturated rings. The largest absolute Gasteiger partial charge is 0.366 e. The van der Waals surface area contributed by atoms with Gasteiger partial charge in [0.15, 0.2) is 0 Å². The van der Waals surface area contributed by atoms with Crippen molar-refractivity contribution in [3.63, 3.8) is 0 Å². The van der Waals surface area contributed by atoms with Gasteiger partial charge in [0.05, 0.1) is 41.0 Å². The van der Waals surface area contributed by atoms with Crippen LogP contribution >= 0.6 is 34.0 Å². The molecular weight excluding hydrogens is 547 g/mol. The van der Waals surface area contributed by atoms with Crippen molar-refractivity contribution in [3.05, 3.63) is 87.9 Å². The van der Waals surface area contributed by atoms with E-state index in [2.05, 4.69) is 71.4 Å². The van der Waals surface area contributed by atoms with Gasteiger partial charge in [0, 0.05) is 14.6 Å². The molecule has 6 N–H and O–H groups in total. The molecule has 3 aliphatic heterocycles. The maximum absolute atomic E-state index is 5.68. The number of ether oxygens (including phenoxy) is 3. The zero-order chi connectivity index (χ0) is 25.2. The standard InChI is InChI=1S/3C9H13NOS.3CH3/c3*1-10-6-8-9-7(2-4-11-8)3-5-12-9;;;/h3*3,5,8,10H,2,4,6H2,1H3;3*1H3/q;;;3*-1/p+3/t2*8-;;;;/m10..../s1. The first kappa shape index (κ1) is 35.9. The van der Waals surface area contributed by atoms with E-state index in [1.54, 1.807) is 0 Å². The van der Waals surface area contributed by atoms with Gasteiger partial charge in [-0.1, -0.05) is 0 Å². The molecule has 0 saturated heterocycles. The minimum Gasteiger partial charge on any atom is -0.366 e. The summed E-state index contributed by atoms with van der Waals surface area (Å²) in [4.78, 5) is 4.33. The molecule has 222 valence electrons. The average molecular weight is 598 g/mol. The number of nitrogens with two attached hydrogens (primary N) is 3. The van der Waals surface area contributed by atoms with Crippen molar-refractivity contribution >= 4 is 34.0 Å². The summed E-state index contributed by atoms with van der Waals surface area (Å²) in [5.74, 6) is 0. The molecule has 3 aliphatic rings. The highest BCUT2D eigenvalue weighted by atomic mass is 32.1. The van der Waals surface area contributed by atoms with Crippen molar-refractivity contribution in [2.24, 2.45) is 0 Å². The van der Waals surface area contributed by atoms with Crippen molar-refractivity contribution in [1.82, 2.24) is 0 Å². The summed E-state index contributed by atoms with van der Waals surface area (Å²) >= 11 is 5.49. The summed E-state index contributed by atoms with van der Waals surface area (Å²) < 4.78 is 17.0. The predicted molar refractivity (Wildman–Crippen MR) is 168 cm³/mol. The Morgan fingerprint density at radius 1 is 0.564 bits per heavy atom. The van der Waals surface area contributed by atoms with E-state index in [-0.39, 0.29) is 22.3 Å². The summed E-state index contributed by atoms with van der Waals surface area (Å²) in [5, 5.41) is 13.0. The molecule has 6 nitrogen and oxygen atoms in total. The third kappa shape index (κ3) is 9.73. The van der Waals surface area contributed by atoms with Gasteiger partial charge in [0.25, 0.3) is 0 Å². The second kappa shape index (κ2) is 19.1. The predicted octanol–water partition coefficient (Wildman–Crippen LogP) is 3.02. The molecule has 0 radical (unpaired) electrons. The van der Waals surface area contributed by atoms with Crippen LogP contribution < -0.4 is 16.0 Å². The zero-order valence-electron chi connectivity index (χ0n) is 24.7. The maximum Gasteiger partial charge on any atom is 0.141 e. The normalized spacial score (nSPS) is 20.5. The van der Waals surface area contributed by atoms with E-state index in [9.17, 15) is 0 Å². The van der Waals surface area contributed by atoms with Crippen LogP contribution in [0.2, 0.25) is 0 Å². The van der Waals surface area contributed by atoms with Crippen LogP contribution in [-0.2, 0) is 33.5 Å². The van der Waals surface area contributed by atoms with E-state index in [0.717, 1.165) is 58.7 Å². The molecule has 0 saturated carbocycles. The highest BCUT2D eigenvalue weighted by molar-refractivity contribution is 7.10. The van der Waals surface area contributed by atoms with E-state index in [1.165, 1.54) is 31.3 Å². The summed E-state index contributed by atoms with van der Waals surface area (Å²) in [7, 11) is 6.27. The third-order valence-corrected chi connectivity index (χ3v) is 9.79. The molecule has 0 aromatic carbocycles. The minimum absolute atomic E-state index is 0. The fourth-order valence-electron chi connectivity index (χ4n) is 4.84. The average Bonchev–Trinajstić information content (AvgIpc) is 3.66. The Labute approximate surface area is 249 Å². The molecule has 6 rings (SSSR count). The van der Waals surface area contributed by atoms with Crippen LogP contribution in [0.25, 0.3) is 0 Å². The lowest BCUT2D eigenvalue weighted by Crippen LogP contribution is -2.81. The van der Waals surface area contributed by atoms with E-state index in [1.807, 2.05) is 34.0 Å². The Kier molecular flexibility index (Phi) is 17.5. The van der Waals surface area contributed by atoms with Gasteiger partial charge in [-0.05, 0) is 70.3 Å². The van der Waals surface area contributed by atoms with Crippen LogP contribution in [0.1, 0.15) is 49.6 Å². The molecule has 0 bridgehead atoms. The van der Waals surface area contributed by atoms with Crippen molar-refractivity contribution in [3.8, 4) is 0 Å². The number of quaternary nitrogens is 3. The van der Waals surface area contributed by atoms with E-state index >= 15 is 0 Å². The van der Waals surface area contributed by atoms with E-state index in [4.69, 9.17) is 14.2 Å². The second-order valence-corrected chi connectivity index (χ2v) is 12.0. The topological polar surface area (TPSA) is 77.5 Å². The summed E-state index contributed by atoms with van der Waals surface area (Å²) in [6.07, 6.45) is 4.33. The smallest absolute Gasteiger partial charge is 0.141 e. The summed E-state index contributed by atoms with van der Waals surface area (Å²) in [5.41, 5.74) is 4.49. The minimum atomic E-state index is 0. The number of thiophene rings is 3. The van der Waals surface area contributed by atoms with Crippen molar-refractivity contribution in [2.45, 2.75) is 37.6 Å². The fraction of sp³-hybridized carbons (Fsp3) is 0.500. The van der Waals surface area contributed by atoms with Gasteiger partial charge in [-0.2, -0.15) is 0 Å². The van der Waals surface area contributed by atoms with Crippen molar-refractivity contribution in [2.75, 3.05) is 60.6 Å². The number of rotatable bonds is 6. The lowest BCUT2D eigenvalue weighted by atomic mass is 10.1. The Morgan fingerprint density at radius 3 is 1.10 bits per heavy atom. The SMILES string of the molecule is C[NH2+]CC1OCCc2ccsc21.C[NH2+]C[C@@H]1OCCc2ccsc21.C[NH2+]C[C@H]1OCCc2ccsc21.[CH3-].[CH3-].[CH3-]. The Balaban J connectivity index is 0.000000282. The van der Waals surface area contributed by atoms with E-state index in [0.29, 0.717) is 18.3 Å². The van der Waals surface area contributed by atoms with Crippen LogP contribution in [0.4, 0.5) is 0 Å². The first-order chi connectivity index (χ1) is 17.7. The van der Waals surface area contributed by atoms with Crippen LogP contribution in [0.3, 0.4) is 0 Å². The van der Waals surface area contributed by atoms with E-state index < -0.39 is 0 Å². The van der Waals surface area contributed by atoms with Gasteiger partial charge in [-0.3, -0.25) is 0 Å². The molecule has 1 unspecified atom stereocenters. The van der Waals surface area contributed by atoms with Gasteiger partial charge >= 0.3 is 0 Å². The molecule has 3 atom stereocenters. The monoisotopic (exact) mass is 597 g/mol. The lowest BCUT2D eigenvalue weighted by Gasteiger charge is -2.20. The number of hydrogen-bond acceptors (Lipinski definition) is 6. The van der Waals surface area contributed by atoms with Crippen molar-refractivity contribution in [1.29, 1.82) is 0 Å². The van der Waals surface area contributed by atoms with Crippen LogP contribution in [0.15, 0.2) is 34.3 Å². The molecule has 9 heteroatoms. The molecule has 3 aromatic heterocycles. The fourth-order valence-corrected chi connectivity index (χ4v) is 7.89. The first-order valence-electron chi connectivity index (χ1n) is 13.1. The molecule has 6 heterocycles. The molecule has 3 aromatic rings. The first-order valence-corrected chi connectivity index (χ1v) is 15.8. The van der Waals surface area contributed by atoms with Gasteiger partial charge in [-0.15, -0.1) is 34.0 Å². The molecule has 0 amide bonds. The second-order valence-electron chi connectivity index (χ2n) is 9.19. The molecule has 0 spiro atoms. The molecule has 0 aliphatic carbocycles. The van der Waals surface area contributed by atoms with Gasteiger partial charge in [0.1, 0.15) is 37.9 Å². The highest BCUT2D eigenvalue weighted by Crippen LogP contribution is 2.32. The van der Waals surface area contributed by atoms with Crippen molar-refractivity contribution < 1.29 is 30.2 Å². The van der Waals surface area contributed by atoms with Crippen LogP contribution in [0, 0.1) is 22.3 Å². The van der Waals surface area contributed by atoms with Crippen LogP contribution in [0.5, 0.6) is 0 Å². The highest BCUT2D eigenvalue weighted by Gasteiger charge is 2.24. The summed E-state index contributed by atoms with van der Waals surface area (Å²) in [6, 6.07) is 6.68. The number of likely N-dealkylation sites (N-methyl/N-ethyl adjacent to an activating group) is 3. The van der Waals surface area contributed by atoms with Gasteiger partial charge in [-0.25, -0.2) is 0 Å².